The maximum atomic E-state index is 11.4. The SMILES string of the molecule is O=C1CCCCC2=C1CCC2. The third-order valence-electron chi connectivity index (χ3n) is 2.80. The fourth-order valence-corrected chi connectivity index (χ4v) is 2.19. The van der Waals surface area contributed by atoms with Gasteiger partial charge in [-0.05, 0) is 44.1 Å². The molecule has 0 amide bonds. The summed E-state index contributed by atoms with van der Waals surface area (Å²) >= 11 is 0. The molecule has 2 aliphatic rings. The van der Waals surface area contributed by atoms with Gasteiger partial charge in [0.2, 0.25) is 0 Å². The van der Waals surface area contributed by atoms with E-state index in [1.807, 2.05) is 0 Å². The molecule has 1 nitrogen and oxygen atoms in total. The van der Waals surface area contributed by atoms with Crippen LogP contribution in [0, 0.1) is 0 Å². The first-order valence-electron chi connectivity index (χ1n) is 4.62. The maximum Gasteiger partial charge on any atom is 0.158 e. The van der Waals surface area contributed by atoms with Crippen molar-refractivity contribution in [2.75, 3.05) is 0 Å². The van der Waals surface area contributed by atoms with Crippen molar-refractivity contribution in [3.63, 3.8) is 0 Å². The number of allylic oxidation sites excluding steroid dienone is 2. The van der Waals surface area contributed by atoms with Crippen molar-refractivity contribution in [2.24, 2.45) is 0 Å². The normalized spacial score (nSPS) is 25.3. The van der Waals surface area contributed by atoms with E-state index in [-0.39, 0.29) is 0 Å². The molecule has 0 saturated carbocycles. The second-order valence-electron chi connectivity index (χ2n) is 3.57. The van der Waals surface area contributed by atoms with Gasteiger partial charge in [0.15, 0.2) is 5.78 Å². The van der Waals surface area contributed by atoms with E-state index in [2.05, 4.69) is 0 Å². The molecule has 0 unspecified atom stereocenters. The number of hydrogen-bond acceptors (Lipinski definition) is 1. The summed E-state index contributed by atoms with van der Waals surface area (Å²) in [5.74, 6) is 0.454. The highest BCUT2D eigenvalue weighted by molar-refractivity contribution is 5.96. The van der Waals surface area contributed by atoms with Crippen molar-refractivity contribution in [1.29, 1.82) is 0 Å². The van der Waals surface area contributed by atoms with Gasteiger partial charge in [0.1, 0.15) is 0 Å². The molecule has 0 aromatic rings. The molecular weight excluding hydrogens is 136 g/mol. The quantitative estimate of drug-likeness (QED) is 0.518. The van der Waals surface area contributed by atoms with Crippen LogP contribution >= 0.6 is 0 Å². The van der Waals surface area contributed by atoms with Crippen LogP contribution in [-0.4, -0.2) is 5.78 Å². The fraction of sp³-hybridized carbons (Fsp3) is 0.700. The molecule has 0 aliphatic heterocycles. The first kappa shape index (κ1) is 7.08. The second-order valence-corrected chi connectivity index (χ2v) is 3.57. The third kappa shape index (κ3) is 1.24. The van der Waals surface area contributed by atoms with Gasteiger partial charge in [0.05, 0.1) is 0 Å². The number of Topliss-reactive ketones (excluding diaryl/α,β-unsaturated/α-hetero) is 1. The first-order valence-corrected chi connectivity index (χ1v) is 4.62. The van der Waals surface area contributed by atoms with Gasteiger partial charge < -0.3 is 0 Å². The average molecular weight is 150 g/mol. The molecule has 0 fully saturated rings. The molecule has 0 radical (unpaired) electrons. The molecule has 2 rings (SSSR count). The standard InChI is InChI=1S/C10H14O/c11-10-7-2-1-4-8-5-3-6-9(8)10/h1-7H2. The molecule has 0 aromatic carbocycles. The Morgan fingerprint density at radius 3 is 2.45 bits per heavy atom. The highest BCUT2D eigenvalue weighted by Crippen LogP contribution is 2.33. The predicted molar refractivity (Wildman–Crippen MR) is 44.4 cm³/mol. The van der Waals surface area contributed by atoms with Gasteiger partial charge in [-0.25, -0.2) is 0 Å². The van der Waals surface area contributed by atoms with Crippen LogP contribution in [0.5, 0.6) is 0 Å². The topological polar surface area (TPSA) is 17.1 Å². The fourth-order valence-electron chi connectivity index (χ4n) is 2.19. The van der Waals surface area contributed by atoms with Crippen molar-refractivity contribution in [2.45, 2.75) is 44.9 Å². The van der Waals surface area contributed by atoms with Gasteiger partial charge in [-0.3, -0.25) is 4.79 Å². The van der Waals surface area contributed by atoms with Gasteiger partial charge >= 0.3 is 0 Å². The van der Waals surface area contributed by atoms with Crippen molar-refractivity contribution in [3.05, 3.63) is 11.1 Å². The van der Waals surface area contributed by atoms with Crippen LogP contribution in [0.2, 0.25) is 0 Å². The summed E-state index contributed by atoms with van der Waals surface area (Å²) in [7, 11) is 0. The Morgan fingerprint density at radius 2 is 1.55 bits per heavy atom. The smallest absolute Gasteiger partial charge is 0.158 e. The summed E-state index contributed by atoms with van der Waals surface area (Å²) in [4.78, 5) is 11.4. The Hall–Kier alpha value is -0.590. The van der Waals surface area contributed by atoms with E-state index in [0.29, 0.717) is 5.78 Å². The van der Waals surface area contributed by atoms with E-state index in [0.717, 1.165) is 19.3 Å². The van der Waals surface area contributed by atoms with E-state index in [9.17, 15) is 4.79 Å². The summed E-state index contributed by atoms with van der Waals surface area (Å²) in [5, 5.41) is 0. The minimum Gasteiger partial charge on any atom is -0.295 e. The molecule has 0 bridgehead atoms. The van der Waals surface area contributed by atoms with Crippen LogP contribution in [0.4, 0.5) is 0 Å². The monoisotopic (exact) mass is 150 g/mol. The highest BCUT2D eigenvalue weighted by Gasteiger charge is 2.22. The highest BCUT2D eigenvalue weighted by atomic mass is 16.1. The van der Waals surface area contributed by atoms with Gasteiger partial charge in [0, 0.05) is 6.42 Å². The Balaban J connectivity index is 2.25. The van der Waals surface area contributed by atoms with E-state index in [4.69, 9.17) is 0 Å². The zero-order valence-corrected chi connectivity index (χ0v) is 6.86. The number of carbonyl (C=O) groups excluding carboxylic acids is 1. The van der Waals surface area contributed by atoms with Crippen LogP contribution in [0.1, 0.15) is 44.9 Å². The molecule has 0 saturated heterocycles. The molecule has 60 valence electrons. The molecule has 0 aromatic heterocycles. The minimum atomic E-state index is 0.454. The molecule has 0 heterocycles. The number of carbonyl (C=O) groups is 1. The Kier molecular flexibility index (Phi) is 1.80. The molecule has 1 heteroatoms. The lowest BCUT2D eigenvalue weighted by molar-refractivity contribution is -0.115. The Bertz CT molecular complexity index is 213. The van der Waals surface area contributed by atoms with E-state index < -0.39 is 0 Å². The summed E-state index contributed by atoms with van der Waals surface area (Å²) in [5.41, 5.74) is 2.70. The lowest BCUT2D eigenvalue weighted by Gasteiger charge is -1.98. The van der Waals surface area contributed by atoms with E-state index in [1.165, 1.54) is 36.8 Å². The van der Waals surface area contributed by atoms with Crippen LogP contribution in [0.15, 0.2) is 11.1 Å². The van der Waals surface area contributed by atoms with Crippen molar-refractivity contribution in [3.8, 4) is 0 Å². The van der Waals surface area contributed by atoms with Gasteiger partial charge in [0.25, 0.3) is 0 Å². The minimum absolute atomic E-state index is 0.454. The van der Waals surface area contributed by atoms with Crippen LogP contribution in [0.25, 0.3) is 0 Å². The van der Waals surface area contributed by atoms with Crippen molar-refractivity contribution in [1.82, 2.24) is 0 Å². The molecule has 0 atom stereocenters. The number of ketones is 1. The van der Waals surface area contributed by atoms with Crippen LogP contribution < -0.4 is 0 Å². The molecule has 11 heavy (non-hydrogen) atoms. The van der Waals surface area contributed by atoms with Crippen LogP contribution in [0.3, 0.4) is 0 Å². The Morgan fingerprint density at radius 1 is 0.818 bits per heavy atom. The first-order chi connectivity index (χ1) is 5.38. The summed E-state index contributed by atoms with van der Waals surface area (Å²) < 4.78 is 0. The summed E-state index contributed by atoms with van der Waals surface area (Å²) in [6.07, 6.45) is 7.90. The summed E-state index contributed by atoms with van der Waals surface area (Å²) in [6.45, 7) is 0. The maximum absolute atomic E-state index is 11.4. The van der Waals surface area contributed by atoms with Crippen molar-refractivity contribution < 1.29 is 4.79 Å². The average Bonchev–Trinajstić information content (AvgIpc) is 2.40. The van der Waals surface area contributed by atoms with Gasteiger partial charge in [-0.1, -0.05) is 5.57 Å². The zero-order chi connectivity index (χ0) is 7.68. The molecule has 0 spiro atoms. The third-order valence-corrected chi connectivity index (χ3v) is 2.80. The van der Waals surface area contributed by atoms with Crippen molar-refractivity contribution >= 4 is 5.78 Å². The largest absolute Gasteiger partial charge is 0.295 e. The van der Waals surface area contributed by atoms with E-state index >= 15 is 0 Å². The second kappa shape index (κ2) is 2.80. The predicted octanol–water partition coefficient (Wildman–Crippen LogP) is 2.61. The van der Waals surface area contributed by atoms with E-state index in [1.54, 1.807) is 0 Å². The lowest BCUT2D eigenvalue weighted by atomic mass is 10.1. The zero-order valence-electron chi connectivity index (χ0n) is 6.86. The molecule has 2 aliphatic carbocycles. The lowest BCUT2D eigenvalue weighted by Crippen LogP contribution is -1.98. The van der Waals surface area contributed by atoms with Crippen LogP contribution in [-0.2, 0) is 4.79 Å². The summed E-state index contributed by atoms with van der Waals surface area (Å²) in [6, 6.07) is 0. The molecular formula is C10H14O. The number of rotatable bonds is 0. The number of hydrogen-bond donors (Lipinski definition) is 0. The van der Waals surface area contributed by atoms with Gasteiger partial charge in [-0.15, -0.1) is 0 Å². The van der Waals surface area contributed by atoms with Gasteiger partial charge in [-0.2, -0.15) is 0 Å². The Labute approximate surface area is 67.5 Å². The molecule has 0 N–H and O–H groups in total.